The Morgan fingerprint density at radius 3 is 2.65 bits per heavy atom. The standard InChI is InChI=1S/C22H23N3S/c23-22-24-20-12-15-25(16-13-21(20)26-22)14-6-10-18-9-4-5-11-19(18)17-7-2-1-3-8-17/h1-11H,12-16H2,(H2,23,24). The predicted octanol–water partition coefficient (Wildman–Crippen LogP) is 4.51. The van der Waals surface area contributed by atoms with Crippen molar-refractivity contribution in [3.8, 4) is 11.1 Å². The van der Waals surface area contributed by atoms with E-state index in [-0.39, 0.29) is 0 Å². The summed E-state index contributed by atoms with van der Waals surface area (Å²) in [7, 11) is 0. The summed E-state index contributed by atoms with van der Waals surface area (Å²) in [6, 6.07) is 19.1. The van der Waals surface area contributed by atoms with Crippen molar-refractivity contribution in [2.24, 2.45) is 0 Å². The molecule has 1 aliphatic heterocycles. The van der Waals surface area contributed by atoms with Gasteiger partial charge in [0.1, 0.15) is 0 Å². The zero-order valence-corrected chi connectivity index (χ0v) is 15.6. The number of nitrogens with zero attached hydrogens (tertiary/aromatic N) is 2. The maximum Gasteiger partial charge on any atom is 0.180 e. The molecule has 0 spiro atoms. The van der Waals surface area contributed by atoms with Crippen LogP contribution in [0.1, 0.15) is 16.1 Å². The summed E-state index contributed by atoms with van der Waals surface area (Å²) < 4.78 is 0. The van der Waals surface area contributed by atoms with Gasteiger partial charge < -0.3 is 5.73 Å². The van der Waals surface area contributed by atoms with Crippen LogP contribution in [-0.4, -0.2) is 29.5 Å². The summed E-state index contributed by atoms with van der Waals surface area (Å²) in [5.74, 6) is 0. The third-order valence-electron chi connectivity index (χ3n) is 4.82. The molecule has 1 aromatic heterocycles. The summed E-state index contributed by atoms with van der Waals surface area (Å²) in [4.78, 5) is 8.33. The number of aromatic nitrogens is 1. The van der Waals surface area contributed by atoms with Crippen LogP contribution in [0.5, 0.6) is 0 Å². The zero-order chi connectivity index (χ0) is 17.8. The van der Waals surface area contributed by atoms with E-state index in [1.807, 2.05) is 0 Å². The lowest BCUT2D eigenvalue weighted by molar-refractivity contribution is 0.318. The molecular formula is C22H23N3S. The Balaban J connectivity index is 1.43. The van der Waals surface area contributed by atoms with Gasteiger partial charge in [0, 0.05) is 30.9 Å². The number of hydrogen-bond donors (Lipinski definition) is 1. The number of benzene rings is 2. The lowest BCUT2D eigenvalue weighted by Gasteiger charge is -2.17. The maximum absolute atomic E-state index is 5.83. The fraction of sp³-hybridized carbons (Fsp3) is 0.227. The first-order valence-electron chi connectivity index (χ1n) is 9.07. The van der Waals surface area contributed by atoms with E-state index in [1.165, 1.54) is 27.3 Å². The number of nitrogen functional groups attached to an aromatic ring is 1. The topological polar surface area (TPSA) is 42.1 Å². The SMILES string of the molecule is Nc1nc2c(s1)CCN(CC=Cc1ccccc1-c1ccccc1)CC2. The van der Waals surface area contributed by atoms with Crippen LogP contribution in [0.4, 0.5) is 5.13 Å². The van der Waals surface area contributed by atoms with Gasteiger partial charge in [-0.2, -0.15) is 0 Å². The monoisotopic (exact) mass is 361 g/mol. The Hall–Kier alpha value is -2.43. The lowest BCUT2D eigenvalue weighted by atomic mass is 9.99. The maximum atomic E-state index is 5.83. The highest BCUT2D eigenvalue weighted by Gasteiger charge is 2.16. The van der Waals surface area contributed by atoms with Crippen LogP contribution in [0.2, 0.25) is 0 Å². The molecule has 0 amide bonds. The Bertz CT molecular complexity index is 873. The van der Waals surface area contributed by atoms with Gasteiger partial charge in [-0.1, -0.05) is 66.7 Å². The average molecular weight is 362 g/mol. The minimum Gasteiger partial charge on any atom is -0.375 e. The smallest absolute Gasteiger partial charge is 0.180 e. The average Bonchev–Trinajstić information content (AvgIpc) is 2.94. The molecule has 0 radical (unpaired) electrons. The van der Waals surface area contributed by atoms with Crippen molar-refractivity contribution in [3.63, 3.8) is 0 Å². The van der Waals surface area contributed by atoms with E-state index in [4.69, 9.17) is 5.73 Å². The van der Waals surface area contributed by atoms with Gasteiger partial charge >= 0.3 is 0 Å². The normalized spacial score (nSPS) is 15.1. The second-order valence-electron chi connectivity index (χ2n) is 6.58. The molecule has 0 saturated heterocycles. The van der Waals surface area contributed by atoms with Gasteiger partial charge in [0.05, 0.1) is 5.69 Å². The third-order valence-corrected chi connectivity index (χ3v) is 5.81. The second kappa shape index (κ2) is 7.85. The van der Waals surface area contributed by atoms with Gasteiger partial charge in [-0.25, -0.2) is 4.98 Å². The summed E-state index contributed by atoms with van der Waals surface area (Å²) in [6.45, 7) is 3.08. The number of thiazole rings is 1. The van der Waals surface area contributed by atoms with Crippen LogP contribution >= 0.6 is 11.3 Å². The highest BCUT2D eigenvalue weighted by atomic mass is 32.1. The molecule has 0 bridgehead atoms. The highest BCUT2D eigenvalue weighted by Crippen LogP contribution is 2.25. The van der Waals surface area contributed by atoms with Crippen molar-refractivity contribution < 1.29 is 0 Å². The fourth-order valence-electron chi connectivity index (χ4n) is 3.46. The molecule has 0 saturated carbocycles. The molecule has 4 rings (SSSR count). The van der Waals surface area contributed by atoms with Gasteiger partial charge in [-0.3, -0.25) is 4.90 Å². The molecule has 3 aromatic rings. The molecule has 2 heterocycles. The van der Waals surface area contributed by atoms with Crippen LogP contribution in [0.25, 0.3) is 17.2 Å². The number of rotatable bonds is 4. The Morgan fingerprint density at radius 2 is 1.77 bits per heavy atom. The summed E-state index contributed by atoms with van der Waals surface area (Å²) in [5.41, 5.74) is 10.8. The molecular weight excluding hydrogens is 338 g/mol. The minimum absolute atomic E-state index is 0.709. The van der Waals surface area contributed by atoms with Crippen LogP contribution in [-0.2, 0) is 12.8 Å². The highest BCUT2D eigenvalue weighted by molar-refractivity contribution is 7.15. The molecule has 132 valence electrons. The molecule has 0 atom stereocenters. The fourth-order valence-corrected chi connectivity index (χ4v) is 4.33. The molecule has 26 heavy (non-hydrogen) atoms. The first-order valence-corrected chi connectivity index (χ1v) is 9.88. The van der Waals surface area contributed by atoms with E-state index in [0.717, 1.165) is 32.5 Å². The summed E-state index contributed by atoms with van der Waals surface area (Å²) in [5, 5.41) is 0.709. The minimum atomic E-state index is 0.709. The first kappa shape index (κ1) is 17.0. The second-order valence-corrected chi connectivity index (χ2v) is 7.69. The van der Waals surface area contributed by atoms with Crippen LogP contribution < -0.4 is 5.73 Å². The van der Waals surface area contributed by atoms with E-state index in [9.17, 15) is 0 Å². The molecule has 1 aliphatic rings. The molecule has 2 N–H and O–H groups in total. The summed E-state index contributed by atoms with van der Waals surface area (Å²) in [6.07, 6.45) is 6.58. The quantitative estimate of drug-likeness (QED) is 0.744. The van der Waals surface area contributed by atoms with E-state index >= 15 is 0 Å². The van der Waals surface area contributed by atoms with Crippen molar-refractivity contribution in [1.82, 2.24) is 9.88 Å². The van der Waals surface area contributed by atoms with E-state index in [0.29, 0.717) is 5.13 Å². The van der Waals surface area contributed by atoms with Crippen molar-refractivity contribution in [2.75, 3.05) is 25.4 Å². The number of anilines is 1. The van der Waals surface area contributed by atoms with E-state index in [2.05, 4.69) is 76.6 Å². The zero-order valence-electron chi connectivity index (χ0n) is 14.8. The van der Waals surface area contributed by atoms with Crippen molar-refractivity contribution in [3.05, 3.63) is 76.8 Å². The van der Waals surface area contributed by atoms with Crippen molar-refractivity contribution in [1.29, 1.82) is 0 Å². The molecule has 2 aromatic carbocycles. The van der Waals surface area contributed by atoms with E-state index < -0.39 is 0 Å². The Kier molecular flexibility index (Phi) is 5.14. The van der Waals surface area contributed by atoms with E-state index in [1.54, 1.807) is 11.3 Å². The Labute approximate surface area is 158 Å². The third kappa shape index (κ3) is 3.87. The van der Waals surface area contributed by atoms with Crippen molar-refractivity contribution >= 4 is 22.5 Å². The van der Waals surface area contributed by atoms with Gasteiger partial charge in [0.15, 0.2) is 5.13 Å². The van der Waals surface area contributed by atoms with Gasteiger partial charge in [0.2, 0.25) is 0 Å². The first-order chi connectivity index (χ1) is 12.8. The molecule has 0 aliphatic carbocycles. The molecule has 0 fully saturated rings. The van der Waals surface area contributed by atoms with Gasteiger partial charge in [0.25, 0.3) is 0 Å². The van der Waals surface area contributed by atoms with Crippen LogP contribution in [0.15, 0.2) is 60.7 Å². The lowest BCUT2D eigenvalue weighted by Crippen LogP contribution is -2.26. The summed E-state index contributed by atoms with van der Waals surface area (Å²) >= 11 is 1.65. The van der Waals surface area contributed by atoms with Crippen LogP contribution in [0.3, 0.4) is 0 Å². The van der Waals surface area contributed by atoms with Crippen LogP contribution in [0, 0.1) is 0 Å². The molecule has 3 nitrogen and oxygen atoms in total. The Morgan fingerprint density at radius 1 is 1.00 bits per heavy atom. The number of fused-ring (bicyclic) bond motifs is 1. The van der Waals surface area contributed by atoms with Gasteiger partial charge in [-0.05, 0) is 23.1 Å². The van der Waals surface area contributed by atoms with Crippen molar-refractivity contribution in [2.45, 2.75) is 12.8 Å². The number of hydrogen-bond acceptors (Lipinski definition) is 4. The largest absolute Gasteiger partial charge is 0.375 e. The molecule has 0 unspecified atom stereocenters. The predicted molar refractivity (Wildman–Crippen MR) is 111 cm³/mol. The number of nitrogens with two attached hydrogens (primary N) is 1. The molecule has 4 heteroatoms. The van der Waals surface area contributed by atoms with Gasteiger partial charge in [-0.15, -0.1) is 11.3 Å².